The lowest BCUT2D eigenvalue weighted by Crippen LogP contribution is -2.63. The Morgan fingerprint density at radius 3 is 2.50 bits per heavy atom. The Morgan fingerprint density at radius 2 is 1.85 bits per heavy atom. The smallest absolute Gasteiger partial charge is 0.222 e. The van der Waals surface area contributed by atoms with Crippen LogP contribution in [0.4, 0.5) is 0 Å². The van der Waals surface area contributed by atoms with Crippen LogP contribution in [0.5, 0.6) is 5.75 Å². The van der Waals surface area contributed by atoms with Crippen LogP contribution in [0.1, 0.15) is 18.4 Å². The fourth-order valence-electron chi connectivity index (χ4n) is 3.18. The van der Waals surface area contributed by atoms with Crippen molar-refractivity contribution in [1.82, 2.24) is 0 Å². The molecule has 8 nitrogen and oxygen atoms in total. The Kier molecular flexibility index (Phi) is 6.05. The molecule has 1 aromatic rings. The van der Waals surface area contributed by atoms with Crippen molar-refractivity contribution in [2.75, 3.05) is 19.8 Å². The molecular weight excluding hydrogens is 368 g/mol. The second-order valence-corrected chi connectivity index (χ2v) is 6.94. The summed E-state index contributed by atoms with van der Waals surface area (Å²) in [6, 6.07) is 4.31. The summed E-state index contributed by atoms with van der Waals surface area (Å²) in [5.41, 5.74) is 0.0841. The van der Waals surface area contributed by atoms with Crippen LogP contribution in [0.3, 0.4) is 0 Å². The van der Waals surface area contributed by atoms with E-state index in [9.17, 15) is 25.5 Å². The van der Waals surface area contributed by atoms with Crippen molar-refractivity contribution in [2.45, 2.75) is 49.1 Å². The molecule has 3 rings (SSSR count). The first kappa shape index (κ1) is 19.8. The van der Waals surface area contributed by atoms with E-state index in [0.717, 1.165) is 0 Å². The third-order valence-corrected chi connectivity index (χ3v) is 5.09. The van der Waals surface area contributed by atoms with E-state index in [-0.39, 0.29) is 11.7 Å². The average Bonchev–Trinajstić information content (AvgIpc) is 2.65. The first-order valence-corrected chi connectivity index (χ1v) is 8.84. The van der Waals surface area contributed by atoms with Crippen LogP contribution in [0, 0.1) is 0 Å². The van der Waals surface area contributed by atoms with E-state index >= 15 is 0 Å². The van der Waals surface area contributed by atoms with Crippen molar-refractivity contribution in [2.24, 2.45) is 0 Å². The molecule has 0 unspecified atom stereocenters. The normalized spacial score (nSPS) is 36.1. The molecule has 0 aliphatic carbocycles. The molecule has 5 atom stereocenters. The highest BCUT2D eigenvalue weighted by atomic mass is 35.5. The van der Waals surface area contributed by atoms with Gasteiger partial charge in [-0.25, -0.2) is 0 Å². The molecule has 2 fully saturated rings. The van der Waals surface area contributed by atoms with Gasteiger partial charge < -0.3 is 39.7 Å². The number of hydrogen-bond donors (Lipinski definition) is 5. The van der Waals surface area contributed by atoms with Gasteiger partial charge in [-0.15, -0.1) is 0 Å². The molecule has 2 aliphatic heterocycles. The number of halogens is 1. The molecule has 0 bridgehead atoms. The summed E-state index contributed by atoms with van der Waals surface area (Å²) in [7, 11) is 0. The zero-order valence-corrected chi connectivity index (χ0v) is 14.7. The summed E-state index contributed by atoms with van der Waals surface area (Å²) >= 11 is 6.17. The molecule has 0 aromatic heterocycles. The molecule has 2 aliphatic rings. The third-order valence-electron chi connectivity index (χ3n) is 4.77. The standard InChI is InChI=1S/C17H23ClO8/c18-11-2-1-9(7-12(11)25-10-3-5-24-6-4-10)17(23)16(22)15(21)14(20)13(8-19)26-17/h1-2,7,10,13-16,19-23H,3-6,8H2/t13-,14-,15+,16-,17+/m1/s1. The molecule has 2 saturated heterocycles. The average molecular weight is 391 g/mol. The fourth-order valence-corrected chi connectivity index (χ4v) is 3.34. The minimum absolute atomic E-state index is 0.0841. The number of benzene rings is 1. The van der Waals surface area contributed by atoms with Gasteiger partial charge in [0.05, 0.1) is 24.8 Å². The van der Waals surface area contributed by atoms with Crippen LogP contribution in [0.2, 0.25) is 5.02 Å². The van der Waals surface area contributed by atoms with E-state index in [4.69, 9.17) is 25.8 Å². The van der Waals surface area contributed by atoms with Crippen LogP contribution >= 0.6 is 11.6 Å². The molecule has 9 heteroatoms. The molecule has 0 radical (unpaired) electrons. The van der Waals surface area contributed by atoms with Crippen molar-refractivity contribution in [3.63, 3.8) is 0 Å². The van der Waals surface area contributed by atoms with E-state index in [1.54, 1.807) is 0 Å². The molecule has 2 heterocycles. The minimum Gasteiger partial charge on any atom is -0.489 e. The third kappa shape index (κ3) is 3.69. The SMILES string of the molecule is OC[C@H]1O[C@@](O)(c2ccc(Cl)c(OC3CCOCC3)c2)[C@H](O)[C@@H](O)[C@@H]1O. The molecule has 0 amide bonds. The predicted molar refractivity (Wildman–Crippen MR) is 89.8 cm³/mol. The van der Waals surface area contributed by atoms with Crippen LogP contribution < -0.4 is 4.74 Å². The van der Waals surface area contributed by atoms with E-state index in [2.05, 4.69) is 0 Å². The molecule has 0 saturated carbocycles. The van der Waals surface area contributed by atoms with Gasteiger partial charge in [-0.1, -0.05) is 17.7 Å². The second-order valence-electron chi connectivity index (χ2n) is 6.54. The lowest BCUT2D eigenvalue weighted by Gasteiger charge is -2.45. The zero-order chi connectivity index (χ0) is 18.9. The summed E-state index contributed by atoms with van der Waals surface area (Å²) in [6.07, 6.45) is -5.06. The summed E-state index contributed by atoms with van der Waals surface area (Å²) < 4.78 is 16.5. The summed E-state index contributed by atoms with van der Waals surface area (Å²) in [5.74, 6) is -2.05. The number of aliphatic hydroxyl groups is 5. The maximum atomic E-state index is 10.8. The van der Waals surface area contributed by atoms with Crippen LogP contribution in [0.25, 0.3) is 0 Å². The largest absolute Gasteiger partial charge is 0.489 e. The molecular formula is C17H23ClO8. The predicted octanol–water partition coefficient (Wildman–Crippen LogP) is -0.483. The summed E-state index contributed by atoms with van der Waals surface area (Å²) in [6.45, 7) is 0.512. The highest BCUT2D eigenvalue weighted by Crippen LogP contribution is 2.39. The van der Waals surface area contributed by atoms with Gasteiger partial charge in [0, 0.05) is 18.4 Å². The Balaban J connectivity index is 1.88. The first-order valence-electron chi connectivity index (χ1n) is 8.46. The zero-order valence-electron chi connectivity index (χ0n) is 14.0. The van der Waals surface area contributed by atoms with E-state index in [1.165, 1.54) is 18.2 Å². The van der Waals surface area contributed by atoms with Crippen molar-refractivity contribution < 1.29 is 39.7 Å². The van der Waals surface area contributed by atoms with Gasteiger partial charge >= 0.3 is 0 Å². The quantitative estimate of drug-likeness (QED) is 0.466. The van der Waals surface area contributed by atoms with Crippen LogP contribution in [-0.2, 0) is 15.3 Å². The van der Waals surface area contributed by atoms with E-state index in [0.29, 0.717) is 36.8 Å². The van der Waals surface area contributed by atoms with E-state index in [1.807, 2.05) is 0 Å². The van der Waals surface area contributed by atoms with Crippen molar-refractivity contribution in [1.29, 1.82) is 0 Å². The second kappa shape index (κ2) is 7.95. The van der Waals surface area contributed by atoms with Gasteiger partial charge in [-0.05, 0) is 12.1 Å². The maximum Gasteiger partial charge on any atom is 0.222 e. The highest BCUT2D eigenvalue weighted by Gasteiger charge is 2.53. The minimum atomic E-state index is -2.34. The molecule has 5 N–H and O–H groups in total. The molecule has 0 spiro atoms. The van der Waals surface area contributed by atoms with Gasteiger partial charge in [-0.2, -0.15) is 0 Å². The molecule has 1 aromatic carbocycles. The van der Waals surface area contributed by atoms with Crippen LogP contribution in [0.15, 0.2) is 18.2 Å². The van der Waals surface area contributed by atoms with Gasteiger partial charge in [0.15, 0.2) is 0 Å². The van der Waals surface area contributed by atoms with Gasteiger partial charge in [0.25, 0.3) is 0 Å². The maximum absolute atomic E-state index is 10.8. The van der Waals surface area contributed by atoms with E-state index < -0.39 is 36.8 Å². The van der Waals surface area contributed by atoms with Crippen molar-refractivity contribution in [3.8, 4) is 5.75 Å². The van der Waals surface area contributed by atoms with Gasteiger partial charge in [0.1, 0.15) is 36.3 Å². The van der Waals surface area contributed by atoms with Crippen molar-refractivity contribution in [3.05, 3.63) is 28.8 Å². The number of ether oxygens (including phenoxy) is 3. The lowest BCUT2D eigenvalue weighted by atomic mass is 9.88. The number of aliphatic hydroxyl groups excluding tert-OH is 4. The monoisotopic (exact) mass is 390 g/mol. The lowest BCUT2D eigenvalue weighted by molar-refractivity contribution is -0.357. The fraction of sp³-hybridized carbons (Fsp3) is 0.647. The topological polar surface area (TPSA) is 129 Å². The van der Waals surface area contributed by atoms with Gasteiger partial charge in [0.2, 0.25) is 5.79 Å². The number of hydrogen-bond acceptors (Lipinski definition) is 8. The molecule has 26 heavy (non-hydrogen) atoms. The number of rotatable bonds is 4. The molecule has 146 valence electrons. The van der Waals surface area contributed by atoms with Crippen molar-refractivity contribution >= 4 is 11.6 Å². The summed E-state index contributed by atoms with van der Waals surface area (Å²) in [4.78, 5) is 0. The first-order chi connectivity index (χ1) is 12.4. The Bertz CT molecular complexity index is 621. The summed E-state index contributed by atoms with van der Waals surface area (Å²) in [5, 5.41) is 50.6. The Morgan fingerprint density at radius 1 is 1.15 bits per heavy atom. The Hall–Kier alpha value is -0.970. The van der Waals surface area contributed by atoms with Crippen LogP contribution in [-0.4, -0.2) is 75.9 Å². The Labute approximate surface area is 155 Å². The highest BCUT2D eigenvalue weighted by molar-refractivity contribution is 6.32. The van der Waals surface area contributed by atoms with Gasteiger partial charge in [-0.3, -0.25) is 0 Å².